The molecule has 2 heterocycles. The van der Waals surface area contributed by atoms with E-state index in [1.807, 2.05) is 0 Å². The van der Waals surface area contributed by atoms with Crippen LogP contribution in [0.3, 0.4) is 0 Å². The van der Waals surface area contributed by atoms with E-state index in [0.717, 1.165) is 0 Å². The molecule has 0 atom stereocenters. The van der Waals surface area contributed by atoms with Crippen molar-refractivity contribution < 1.29 is 23.7 Å². The highest BCUT2D eigenvalue weighted by Crippen LogP contribution is 2.34. The Balaban J connectivity index is 1.46. The number of aromatic nitrogens is 1. The summed E-state index contributed by atoms with van der Waals surface area (Å²) in [4.78, 5) is 16.8. The first kappa shape index (κ1) is 18.4. The van der Waals surface area contributed by atoms with Gasteiger partial charge in [0.2, 0.25) is 6.79 Å². The van der Waals surface area contributed by atoms with Gasteiger partial charge in [0.25, 0.3) is 5.91 Å². The number of methoxy groups -OCH3 is 2. The van der Waals surface area contributed by atoms with E-state index in [1.54, 1.807) is 62.8 Å². The normalized spacial score (nSPS) is 11.7. The largest absolute Gasteiger partial charge is 0.497 e. The van der Waals surface area contributed by atoms with Crippen LogP contribution in [0.4, 0.5) is 17.2 Å². The number of carbonyl (C=O) groups excluding carboxylic acids is 1. The zero-order chi connectivity index (χ0) is 20.2. The molecular weight excluding hydrogens is 374 g/mol. The monoisotopic (exact) mass is 393 g/mol. The molecule has 1 amide bonds. The Bertz CT molecular complexity index is 1040. The van der Waals surface area contributed by atoms with Gasteiger partial charge in [-0.05, 0) is 36.4 Å². The molecule has 0 spiro atoms. The summed E-state index contributed by atoms with van der Waals surface area (Å²) in [5.41, 5.74) is 1.74. The number of amides is 1. The van der Waals surface area contributed by atoms with E-state index < -0.39 is 0 Å². The van der Waals surface area contributed by atoms with Gasteiger partial charge >= 0.3 is 0 Å². The van der Waals surface area contributed by atoms with Gasteiger partial charge in [0.15, 0.2) is 11.5 Å². The molecule has 1 aliphatic rings. The van der Waals surface area contributed by atoms with Gasteiger partial charge < -0.3 is 29.6 Å². The number of pyridine rings is 1. The SMILES string of the molecule is COc1ccc(OC)c(Nc2ccc(C(=O)Nc3ccc4c(c3)OCO4)cn2)c1. The Labute approximate surface area is 167 Å². The number of nitrogens with one attached hydrogen (secondary N) is 2. The minimum atomic E-state index is -0.276. The molecule has 0 unspecified atom stereocenters. The highest BCUT2D eigenvalue weighted by Gasteiger charge is 2.15. The van der Waals surface area contributed by atoms with E-state index >= 15 is 0 Å². The second-order valence-corrected chi connectivity index (χ2v) is 6.15. The number of benzene rings is 2. The summed E-state index contributed by atoms with van der Waals surface area (Å²) in [6, 6.07) is 14.0. The minimum absolute atomic E-state index is 0.184. The summed E-state index contributed by atoms with van der Waals surface area (Å²) in [6.45, 7) is 0.184. The van der Waals surface area contributed by atoms with Crippen molar-refractivity contribution in [3.05, 3.63) is 60.3 Å². The van der Waals surface area contributed by atoms with Gasteiger partial charge in [0.1, 0.15) is 17.3 Å². The van der Waals surface area contributed by atoms with Crippen molar-refractivity contribution in [3.8, 4) is 23.0 Å². The Morgan fingerprint density at radius 3 is 2.62 bits per heavy atom. The predicted molar refractivity (Wildman–Crippen MR) is 108 cm³/mol. The Morgan fingerprint density at radius 1 is 1.00 bits per heavy atom. The van der Waals surface area contributed by atoms with Crippen LogP contribution in [0.2, 0.25) is 0 Å². The second-order valence-electron chi connectivity index (χ2n) is 6.15. The molecule has 0 radical (unpaired) electrons. The molecule has 0 saturated heterocycles. The molecule has 0 aliphatic carbocycles. The Kier molecular flexibility index (Phi) is 5.07. The highest BCUT2D eigenvalue weighted by atomic mass is 16.7. The van der Waals surface area contributed by atoms with Crippen LogP contribution in [0.15, 0.2) is 54.7 Å². The van der Waals surface area contributed by atoms with Crippen LogP contribution < -0.4 is 29.6 Å². The molecule has 4 rings (SSSR count). The lowest BCUT2D eigenvalue weighted by Crippen LogP contribution is -2.12. The van der Waals surface area contributed by atoms with E-state index in [2.05, 4.69) is 15.6 Å². The molecule has 148 valence electrons. The second kappa shape index (κ2) is 7.97. The third-order valence-corrected chi connectivity index (χ3v) is 4.33. The maximum atomic E-state index is 12.5. The van der Waals surface area contributed by atoms with Crippen molar-refractivity contribution in [1.82, 2.24) is 4.98 Å². The first-order valence-electron chi connectivity index (χ1n) is 8.82. The predicted octanol–water partition coefficient (Wildman–Crippen LogP) is 3.82. The van der Waals surface area contributed by atoms with Gasteiger partial charge in [-0.2, -0.15) is 0 Å². The number of carbonyl (C=O) groups is 1. The number of hydrogen-bond acceptors (Lipinski definition) is 7. The molecule has 8 nitrogen and oxygen atoms in total. The van der Waals surface area contributed by atoms with Crippen molar-refractivity contribution in [2.45, 2.75) is 0 Å². The summed E-state index contributed by atoms with van der Waals surface area (Å²) < 4.78 is 21.2. The van der Waals surface area contributed by atoms with Crippen molar-refractivity contribution in [2.75, 3.05) is 31.6 Å². The molecule has 8 heteroatoms. The van der Waals surface area contributed by atoms with Gasteiger partial charge in [-0.1, -0.05) is 0 Å². The number of fused-ring (bicyclic) bond motifs is 1. The number of ether oxygens (including phenoxy) is 4. The van der Waals surface area contributed by atoms with Gasteiger partial charge in [0.05, 0.1) is 25.5 Å². The highest BCUT2D eigenvalue weighted by molar-refractivity contribution is 6.04. The Morgan fingerprint density at radius 2 is 1.86 bits per heavy atom. The van der Waals surface area contributed by atoms with Crippen molar-refractivity contribution in [3.63, 3.8) is 0 Å². The molecule has 3 aromatic rings. The summed E-state index contributed by atoms with van der Waals surface area (Å²) in [7, 11) is 3.18. The number of hydrogen-bond donors (Lipinski definition) is 2. The first-order chi connectivity index (χ1) is 14.2. The van der Waals surface area contributed by atoms with Crippen LogP contribution in [-0.4, -0.2) is 31.9 Å². The van der Waals surface area contributed by atoms with Gasteiger partial charge in [-0.3, -0.25) is 4.79 Å². The van der Waals surface area contributed by atoms with Crippen LogP contribution in [0.1, 0.15) is 10.4 Å². The third-order valence-electron chi connectivity index (χ3n) is 4.33. The lowest BCUT2D eigenvalue weighted by Gasteiger charge is -2.12. The summed E-state index contributed by atoms with van der Waals surface area (Å²) in [6.07, 6.45) is 1.50. The zero-order valence-electron chi connectivity index (χ0n) is 15.9. The van der Waals surface area contributed by atoms with E-state index in [0.29, 0.717) is 45.8 Å². The average molecular weight is 393 g/mol. The van der Waals surface area contributed by atoms with E-state index in [1.165, 1.54) is 6.20 Å². The molecule has 2 aromatic carbocycles. The van der Waals surface area contributed by atoms with Gasteiger partial charge in [0, 0.05) is 24.0 Å². The van der Waals surface area contributed by atoms with E-state index in [9.17, 15) is 4.79 Å². The summed E-state index contributed by atoms with van der Waals surface area (Å²) >= 11 is 0. The van der Waals surface area contributed by atoms with Crippen LogP contribution in [0.5, 0.6) is 23.0 Å². The maximum absolute atomic E-state index is 12.5. The van der Waals surface area contributed by atoms with E-state index in [-0.39, 0.29) is 12.7 Å². The minimum Gasteiger partial charge on any atom is -0.497 e. The zero-order valence-corrected chi connectivity index (χ0v) is 15.9. The van der Waals surface area contributed by atoms with E-state index in [4.69, 9.17) is 18.9 Å². The smallest absolute Gasteiger partial charge is 0.257 e. The van der Waals surface area contributed by atoms with Crippen LogP contribution in [-0.2, 0) is 0 Å². The fraction of sp³-hybridized carbons (Fsp3) is 0.143. The third kappa shape index (κ3) is 4.01. The molecule has 0 saturated carbocycles. The Hall–Kier alpha value is -3.94. The number of rotatable bonds is 6. The van der Waals surface area contributed by atoms with Crippen LogP contribution in [0, 0.1) is 0 Å². The quantitative estimate of drug-likeness (QED) is 0.658. The van der Waals surface area contributed by atoms with Gasteiger partial charge in [-0.15, -0.1) is 0 Å². The first-order valence-corrected chi connectivity index (χ1v) is 8.82. The number of anilines is 3. The summed E-state index contributed by atoms with van der Waals surface area (Å²) in [5.74, 6) is 2.89. The van der Waals surface area contributed by atoms with Crippen molar-refractivity contribution >= 4 is 23.1 Å². The standard InChI is InChI=1S/C21H19N3O5/c1-26-15-5-7-17(27-2)16(10-15)24-20-8-3-13(11-22-20)21(25)23-14-4-6-18-19(9-14)29-12-28-18/h3-11H,12H2,1-2H3,(H,22,24)(H,23,25). The average Bonchev–Trinajstić information content (AvgIpc) is 3.22. The van der Waals surface area contributed by atoms with Crippen LogP contribution >= 0.6 is 0 Å². The van der Waals surface area contributed by atoms with Crippen molar-refractivity contribution in [2.24, 2.45) is 0 Å². The fourth-order valence-electron chi connectivity index (χ4n) is 2.83. The molecular formula is C21H19N3O5. The van der Waals surface area contributed by atoms with Crippen LogP contribution in [0.25, 0.3) is 0 Å². The van der Waals surface area contributed by atoms with Gasteiger partial charge in [-0.25, -0.2) is 4.98 Å². The lowest BCUT2D eigenvalue weighted by atomic mass is 10.2. The molecule has 1 aromatic heterocycles. The number of nitrogens with zero attached hydrogens (tertiary/aromatic N) is 1. The maximum Gasteiger partial charge on any atom is 0.257 e. The fourth-order valence-corrected chi connectivity index (χ4v) is 2.83. The molecule has 0 fully saturated rings. The van der Waals surface area contributed by atoms with Crippen molar-refractivity contribution in [1.29, 1.82) is 0 Å². The molecule has 0 bridgehead atoms. The lowest BCUT2D eigenvalue weighted by molar-refractivity contribution is 0.102. The molecule has 2 N–H and O–H groups in total. The molecule has 29 heavy (non-hydrogen) atoms. The molecule has 1 aliphatic heterocycles. The topological polar surface area (TPSA) is 90.9 Å². The summed E-state index contributed by atoms with van der Waals surface area (Å²) in [5, 5.41) is 5.98.